The van der Waals surface area contributed by atoms with Gasteiger partial charge in [-0.2, -0.15) is 0 Å². The van der Waals surface area contributed by atoms with Crippen LogP contribution in [0.2, 0.25) is 0 Å². The summed E-state index contributed by atoms with van der Waals surface area (Å²) in [7, 11) is 0. The van der Waals surface area contributed by atoms with Crippen LogP contribution >= 0.6 is 11.8 Å². The van der Waals surface area contributed by atoms with Gasteiger partial charge in [0, 0.05) is 18.3 Å². The minimum absolute atomic E-state index is 0.212. The molecule has 1 saturated carbocycles. The number of aliphatic hydroxyl groups excluding tert-OH is 2. The maximum Gasteiger partial charge on any atom is 0.232 e. The first-order valence-electron chi connectivity index (χ1n) is 7.79. The topological polar surface area (TPSA) is 60.8 Å². The Labute approximate surface area is 125 Å². The number of carbonyl (C=O) groups excluding carboxylic acids is 1. The van der Waals surface area contributed by atoms with Crippen molar-refractivity contribution in [3.8, 4) is 0 Å². The van der Waals surface area contributed by atoms with Crippen LogP contribution in [-0.2, 0) is 4.79 Å². The fourth-order valence-electron chi connectivity index (χ4n) is 3.64. The summed E-state index contributed by atoms with van der Waals surface area (Å²) in [6.45, 7) is 2.99. The van der Waals surface area contributed by atoms with E-state index in [1.807, 2.05) is 0 Å². The highest BCUT2D eigenvalue weighted by atomic mass is 32.2. The van der Waals surface area contributed by atoms with Gasteiger partial charge in [-0.15, -0.1) is 11.8 Å². The van der Waals surface area contributed by atoms with E-state index >= 15 is 0 Å². The number of hydrogen-bond donors (Lipinski definition) is 2. The normalized spacial score (nSPS) is 31.8. The zero-order chi connectivity index (χ0) is 14.5. The summed E-state index contributed by atoms with van der Waals surface area (Å²) in [5, 5.41) is 18.1. The van der Waals surface area contributed by atoms with E-state index in [0.29, 0.717) is 23.5 Å². The molecule has 2 fully saturated rings. The second kappa shape index (κ2) is 7.66. The van der Waals surface area contributed by atoms with Crippen LogP contribution in [0.3, 0.4) is 0 Å². The van der Waals surface area contributed by atoms with E-state index in [9.17, 15) is 9.90 Å². The third kappa shape index (κ3) is 3.89. The van der Waals surface area contributed by atoms with Crippen molar-refractivity contribution in [1.29, 1.82) is 0 Å². The summed E-state index contributed by atoms with van der Waals surface area (Å²) < 4.78 is 0. The molecule has 0 spiro atoms. The molecule has 0 aromatic heterocycles. The monoisotopic (exact) mass is 301 g/mol. The van der Waals surface area contributed by atoms with Crippen molar-refractivity contribution >= 4 is 17.7 Å². The number of piperidine rings is 1. The molecule has 0 radical (unpaired) electrons. The van der Waals surface area contributed by atoms with Gasteiger partial charge in [-0.25, -0.2) is 0 Å². The smallest absolute Gasteiger partial charge is 0.232 e. The van der Waals surface area contributed by atoms with Crippen LogP contribution in [0.1, 0.15) is 39.0 Å². The molecule has 20 heavy (non-hydrogen) atoms. The standard InChI is InChI=1S/C15H27NO3S/c1-11-6-7-16(14-5-3-2-4-13(11)14)15(19)10-20-9-12(18)8-17/h11-14,17-18H,2-10H2,1H3/t11-,12-,13+,14-/m1/s1. The van der Waals surface area contributed by atoms with Crippen molar-refractivity contribution in [2.45, 2.75) is 51.2 Å². The molecule has 116 valence electrons. The Morgan fingerprint density at radius 1 is 1.35 bits per heavy atom. The number of thioether (sulfide) groups is 1. The van der Waals surface area contributed by atoms with Gasteiger partial charge in [-0.3, -0.25) is 4.79 Å². The number of likely N-dealkylation sites (tertiary alicyclic amines) is 1. The molecular formula is C15H27NO3S. The van der Waals surface area contributed by atoms with E-state index in [0.717, 1.165) is 25.3 Å². The second-order valence-electron chi connectivity index (χ2n) is 6.22. The average Bonchev–Trinajstić information content (AvgIpc) is 2.47. The highest BCUT2D eigenvalue weighted by molar-refractivity contribution is 7.99. The van der Waals surface area contributed by atoms with Crippen molar-refractivity contribution in [1.82, 2.24) is 4.90 Å². The van der Waals surface area contributed by atoms with Gasteiger partial charge in [0.05, 0.1) is 18.5 Å². The first-order valence-corrected chi connectivity index (χ1v) is 8.95. The maximum atomic E-state index is 12.4. The van der Waals surface area contributed by atoms with Gasteiger partial charge in [0.25, 0.3) is 0 Å². The van der Waals surface area contributed by atoms with Crippen molar-refractivity contribution in [3.63, 3.8) is 0 Å². The molecule has 2 aliphatic rings. The third-order valence-electron chi connectivity index (χ3n) is 4.81. The summed E-state index contributed by atoms with van der Waals surface area (Å²) >= 11 is 1.43. The Morgan fingerprint density at radius 2 is 2.10 bits per heavy atom. The van der Waals surface area contributed by atoms with Gasteiger partial charge in [0.1, 0.15) is 0 Å². The number of hydrogen-bond acceptors (Lipinski definition) is 4. The zero-order valence-electron chi connectivity index (χ0n) is 12.3. The van der Waals surface area contributed by atoms with Gasteiger partial charge in [-0.1, -0.05) is 19.8 Å². The van der Waals surface area contributed by atoms with E-state index in [2.05, 4.69) is 11.8 Å². The van der Waals surface area contributed by atoms with Crippen molar-refractivity contribution in [3.05, 3.63) is 0 Å². The number of amides is 1. The van der Waals surface area contributed by atoms with Crippen molar-refractivity contribution in [2.24, 2.45) is 11.8 Å². The molecule has 5 heteroatoms. The van der Waals surface area contributed by atoms with Gasteiger partial charge < -0.3 is 15.1 Å². The number of aliphatic hydroxyl groups is 2. The highest BCUT2D eigenvalue weighted by Crippen LogP contribution is 2.38. The summed E-state index contributed by atoms with van der Waals surface area (Å²) in [6, 6.07) is 0.448. The fourth-order valence-corrected chi connectivity index (χ4v) is 4.48. The van der Waals surface area contributed by atoms with Crippen LogP contribution in [0, 0.1) is 11.8 Å². The quantitative estimate of drug-likeness (QED) is 0.808. The van der Waals surface area contributed by atoms with Crippen molar-refractivity contribution in [2.75, 3.05) is 24.7 Å². The molecule has 1 heterocycles. The molecule has 0 aromatic carbocycles. The van der Waals surface area contributed by atoms with Gasteiger partial charge in [-0.05, 0) is 31.1 Å². The molecule has 1 saturated heterocycles. The Morgan fingerprint density at radius 3 is 2.85 bits per heavy atom. The van der Waals surface area contributed by atoms with E-state index in [4.69, 9.17) is 5.11 Å². The lowest BCUT2D eigenvalue weighted by molar-refractivity contribution is -0.136. The van der Waals surface area contributed by atoms with Gasteiger partial charge in [0.15, 0.2) is 0 Å². The minimum atomic E-state index is -0.711. The first-order chi connectivity index (χ1) is 9.63. The lowest BCUT2D eigenvalue weighted by Crippen LogP contribution is -2.52. The molecule has 1 aliphatic carbocycles. The summed E-state index contributed by atoms with van der Waals surface area (Å²) in [5.41, 5.74) is 0. The molecule has 0 unspecified atom stereocenters. The molecule has 0 bridgehead atoms. The van der Waals surface area contributed by atoms with Gasteiger partial charge in [0.2, 0.25) is 5.91 Å². The predicted octanol–water partition coefficient (Wildman–Crippen LogP) is 1.50. The summed E-state index contributed by atoms with van der Waals surface area (Å²) in [6.07, 6.45) is 5.39. The molecule has 0 aromatic rings. The Kier molecular flexibility index (Phi) is 6.18. The second-order valence-corrected chi connectivity index (χ2v) is 7.25. The first kappa shape index (κ1) is 16.1. The zero-order valence-corrected chi connectivity index (χ0v) is 13.1. The Bertz CT molecular complexity index is 326. The minimum Gasteiger partial charge on any atom is -0.394 e. The maximum absolute atomic E-state index is 12.4. The molecule has 2 rings (SSSR count). The SMILES string of the molecule is C[C@@H]1CCN(C(=O)CSC[C@H](O)CO)[C@@H]2CCCC[C@@H]12. The molecule has 4 nitrogen and oxygen atoms in total. The average molecular weight is 301 g/mol. The summed E-state index contributed by atoms with van der Waals surface area (Å²) in [5.74, 6) is 2.50. The molecular weight excluding hydrogens is 274 g/mol. The van der Waals surface area contributed by atoms with E-state index in [1.165, 1.54) is 31.0 Å². The van der Waals surface area contributed by atoms with E-state index < -0.39 is 6.10 Å². The molecule has 4 atom stereocenters. The number of carbonyl (C=O) groups is 1. The van der Waals surface area contributed by atoms with Crippen LogP contribution in [0.5, 0.6) is 0 Å². The van der Waals surface area contributed by atoms with Crippen LogP contribution in [0.25, 0.3) is 0 Å². The molecule has 1 aliphatic heterocycles. The van der Waals surface area contributed by atoms with E-state index in [1.54, 1.807) is 0 Å². The van der Waals surface area contributed by atoms with E-state index in [-0.39, 0.29) is 12.5 Å². The largest absolute Gasteiger partial charge is 0.394 e. The number of nitrogens with zero attached hydrogens (tertiary/aromatic N) is 1. The number of rotatable bonds is 5. The van der Waals surface area contributed by atoms with Crippen LogP contribution in [0.4, 0.5) is 0 Å². The number of fused-ring (bicyclic) bond motifs is 1. The third-order valence-corrected chi connectivity index (χ3v) is 5.88. The summed E-state index contributed by atoms with van der Waals surface area (Å²) in [4.78, 5) is 14.5. The van der Waals surface area contributed by atoms with Crippen LogP contribution in [-0.4, -0.2) is 57.8 Å². The lowest BCUT2D eigenvalue weighted by atomic mass is 9.72. The highest BCUT2D eigenvalue weighted by Gasteiger charge is 2.39. The fraction of sp³-hybridized carbons (Fsp3) is 0.933. The van der Waals surface area contributed by atoms with Crippen LogP contribution < -0.4 is 0 Å². The molecule has 2 N–H and O–H groups in total. The van der Waals surface area contributed by atoms with Crippen LogP contribution in [0.15, 0.2) is 0 Å². The van der Waals surface area contributed by atoms with Crippen molar-refractivity contribution < 1.29 is 15.0 Å². The van der Waals surface area contributed by atoms with Gasteiger partial charge >= 0.3 is 0 Å². The Hall–Kier alpha value is -0.260. The predicted molar refractivity (Wildman–Crippen MR) is 81.7 cm³/mol. The molecule has 1 amide bonds. The lowest BCUT2D eigenvalue weighted by Gasteiger charge is -2.47. The Balaban J connectivity index is 1.85.